The molecule has 4 rings (SSSR count). The van der Waals surface area contributed by atoms with E-state index in [9.17, 15) is 4.79 Å². The van der Waals surface area contributed by atoms with Crippen LogP contribution < -0.4 is 10.6 Å². The molecule has 1 aliphatic heterocycles. The van der Waals surface area contributed by atoms with Gasteiger partial charge in [0.05, 0.1) is 17.1 Å². The lowest BCUT2D eigenvalue weighted by molar-refractivity contribution is 0.0858. The number of nitrogens with zero attached hydrogens (tertiary/aromatic N) is 2. The zero-order valence-corrected chi connectivity index (χ0v) is 14.0. The Morgan fingerprint density at radius 2 is 2.25 bits per heavy atom. The third kappa shape index (κ3) is 2.96. The van der Waals surface area contributed by atoms with Gasteiger partial charge in [-0.15, -0.1) is 0 Å². The second-order valence-corrected chi connectivity index (χ2v) is 6.98. The van der Waals surface area contributed by atoms with E-state index in [4.69, 9.17) is 9.15 Å². The van der Waals surface area contributed by atoms with Gasteiger partial charge in [0.1, 0.15) is 17.9 Å². The normalized spacial score (nSPS) is 21.8. The molecule has 0 aromatic carbocycles. The van der Waals surface area contributed by atoms with Crippen molar-refractivity contribution < 1.29 is 13.9 Å². The van der Waals surface area contributed by atoms with Crippen molar-refractivity contribution in [1.82, 2.24) is 15.3 Å². The van der Waals surface area contributed by atoms with Gasteiger partial charge in [-0.3, -0.25) is 4.79 Å². The van der Waals surface area contributed by atoms with Gasteiger partial charge < -0.3 is 19.8 Å². The number of amides is 1. The van der Waals surface area contributed by atoms with Crippen LogP contribution in [0.2, 0.25) is 0 Å². The molecule has 2 aromatic heterocycles. The van der Waals surface area contributed by atoms with Crippen LogP contribution in [0.25, 0.3) is 11.1 Å². The summed E-state index contributed by atoms with van der Waals surface area (Å²) in [6.45, 7) is 5.25. The molecule has 0 spiro atoms. The number of ether oxygens (including phenoxy) is 1. The number of nitrogens with one attached hydrogen (secondary N) is 2. The van der Waals surface area contributed by atoms with Crippen molar-refractivity contribution in [3.05, 3.63) is 17.7 Å². The highest BCUT2D eigenvalue weighted by molar-refractivity contribution is 6.09. The number of furan rings is 1. The molecule has 1 saturated heterocycles. The number of rotatable bonds is 5. The van der Waals surface area contributed by atoms with E-state index in [2.05, 4.69) is 27.5 Å². The first-order valence-corrected chi connectivity index (χ1v) is 8.48. The summed E-state index contributed by atoms with van der Waals surface area (Å²) < 4.78 is 11.1. The van der Waals surface area contributed by atoms with Crippen molar-refractivity contribution in [2.45, 2.75) is 51.2 Å². The SMILES string of the molecule is Cc1nc(NC2(C)CC2)c2c(C(=O)NCC3CCCO3)coc2n1. The number of aryl methyl sites for hydroxylation is 1. The molecule has 1 saturated carbocycles. The minimum Gasteiger partial charge on any atom is -0.445 e. The van der Waals surface area contributed by atoms with E-state index in [1.54, 1.807) is 0 Å². The molecular formula is C17H22N4O3. The average molecular weight is 330 g/mol. The zero-order valence-electron chi connectivity index (χ0n) is 14.0. The van der Waals surface area contributed by atoms with Crippen LogP contribution in [-0.2, 0) is 4.74 Å². The quantitative estimate of drug-likeness (QED) is 0.875. The number of anilines is 1. The molecule has 2 N–H and O–H groups in total. The standard InChI is InChI=1S/C17H22N4O3/c1-10-19-14(21-17(2)5-6-17)13-12(9-24-16(13)20-10)15(22)18-8-11-4-3-7-23-11/h9,11H,3-8H2,1-2H3,(H,18,22)(H,19,20,21). The molecule has 24 heavy (non-hydrogen) atoms. The Morgan fingerprint density at radius 3 is 2.96 bits per heavy atom. The molecule has 2 aliphatic rings. The minimum absolute atomic E-state index is 0.0520. The van der Waals surface area contributed by atoms with Gasteiger partial charge in [0.25, 0.3) is 5.91 Å². The Balaban J connectivity index is 1.61. The van der Waals surface area contributed by atoms with Crippen LogP contribution in [0.15, 0.2) is 10.7 Å². The summed E-state index contributed by atoms with van der Waals surface area (Å²) in [4.78, 5) is 21.4. The van der Waals surface area contributed by atoms with Crippen LogP contribution in [-0.4, -0.2) is 40.7 Å². The van der Waals surface area contributed by atoms with Crippen LogP contribution in [0, 0.1) is 6.92 Å². The second kappa shape index (κ2) is 5.73. The predicted octanol–water partition coefficient (Wildman–Crippen LogP) is 2.40. The van der Waals surface area contributed by atoms with Crippen molar-refractivity contribution >= 4 is 22.8 Å². The summed E-state index contributed by atoms with van der Waals surface area (Å²) in [5.41, 5.74) is 0.961. The summed E-state index contributed by atoms with van der Waals surface area (Å²) >= 11 is 0. The van der Waals surface area contributed by atoms with E-state index in [0.29, 0.717) is 34.9 Å². The number of fused-ring (bicyclic) bond motifs is 1. The predicted molar refractivity (Wildman–Crippen MR) is 89.1 cm³/mol. The first-order valence-electron chi connectivity index (χ1n) is 8.48. The van der Waals surface area contributed by atoms with Crippen LogP contribution >= 0.6 is 0 Å². The molecule has 7 heteroatoms. The van der Waals surface area contributed by atoms with E-state index in [1.807, 2.05) is 6.92 Å². The van der Waals surface area contributed by atoms with E-state index >= 15 is 0 Å². The Kier molecular flexibility index (Phi) is 3.68. The molecule has 2 aromatic rings. The summed E-state index contributed by atoms with van der Waals surface area (Å²) in [5.74, 6) is 1.11. The molecule has 1 amide bonds. The fourth-order valence-corrected chi connectivity index (χ4v) is 3.01. The van der Waals surface area contributed by atoms with Crippen LogP contribution in [0.4, 0.5) is 5.82 Å². The molecule has 7 nitrogen and oxygen atoms in total. The molecule has 128 valence electrons. The highest BCUT2D eigenvalue weighted by Crippen LogP contribution is 2.39. The lowest BCUT2D eigenvalue weighted by atomic mass is 10.2. The third-order valence-electron chi connectivity index (χ3n) is 4.72. The van der Waals surface area contributed by atoms with E-state index in [-0.39, 0.29) is 17.6 Å². The highest BCUT2D eigenvalue weighted by Gasteiger charge is 2.38. The topological polar surface area (TPSA) is 89.3 Å². The average Bonchev–Trinajstić information content (AvgIpc) is 2.96. The number of hydrogen-bond acceptors (Lipinski definition) is 6. The first-order chi connectivity index (χ1) is 11.5. The van der Waals surface area contributed by atoms with Crippen molar-refractivity contribution in [1.29, 1.82) is 0 Å². The highest BCUT2D eigenvalue weighted by atomic mass is 16.5. The van der Waals surface area contributed by atoms with Crippen molar-refractivity contribution in [2.24, 2.45) is 0 Å². The number of aromatic nitrogens is 2. The van der Waals surface area contributed by atoms with E-state index in [1.165, 1.54) is 6.26 Å². The van der Waals surface area contributed by atoms with E-state index < -0.39 is 0 Å². The van der Waals surface area contributed by atoms with Gasteiger partial charge in [-0.25, -0.2) is 4.98 Å². The van der Waals surface area contributed by atoms with Crippen molar-refractivity contribution in [3.63, 3.8) is 0 Å². The molecule has 0 bridgehead atoms. The number of hydrogen-bond donors (Lipinski definition) is 2. The van der Waals surface area contributed by atoms with Crippen LogP contribution in [0.3, 0.4) is 0 Å². The van der Waals surface area contributed by atoms with Crippen LogP contribution in [0.1, 0.15) is 48.8 Å². The summed E-state index contributed by atoms with van der Waals surface area (Å²) in [7, 11) is 0. The molecule has 2 fully saturated rings. The van der Waals surface area contributed by atoms with E-state index in [0.717, 1.165) is 32.3 Å². The maximum atomic E-state index is 12.6. The van der Waals surface area contributed by atoms with Crippen LogP contribution in [0.5, 0.6) is 0 Å². The molecule has 1 atom stereocenters. The number of carbonyl (C=O) groups excluding carboxylic acids is 1. The third-order valence-corrected chi connectivity index (χ3v) is 4.72. The Morgan fingerprint density at radius 1 is 1.42 bits per heavy atom. The van der Waals surface area contributed by atoms with Gasteiger partial charge in [-0.05, 0) is 39.5 Å². The van der Waals surface area contributed by atoms with Crippen molar-refractivity contribution in [3.8, 4) is 0 Å². The molecule has 3 heterocycles. The first kappa shape index (κ1) is 15.4. The summed E-state index contributed by atoms with van der Waals surface area (Å²) in [5, 5.41) is 7.02. The maximum Gasteiger partial charge on any atom is 0.255 e. The largest absolute Gasteiger partial charge is 0.445 e. The number of carbonyl (C=O) groups is 1. The van der Waals surface area contributed by atoms with Gasteiger partial charge in [0.2, 0.25) is 5.71 Å². The van der Waals surface area contributed by atoms with Gasteiger partial charge in [0, 0.05) is 18.7 Å². The molecular weight excluding hydrogens is 308 g/mol. The lowest BCUT2D eigenvalue weighted by Gasteiger charge is -2.14. The van der Waals surface area contributed by atoms with Gasteiger partial charge >= 0.3 is 0 Å². The summed E-state index contributed by atoms with van der Waals surface area (Å²) in [6, 6.07) is 0. The van der Waals surface area contributed by atoms with Gasteiger partial charge in [0.15, 0.2) is 0 Å². The molecule has 1 aliphatic carbocycles. The van der Waals surface area contributed by atoms with Gasteiger partial charge in [-0.2, -0.15) is 4.98 Å². The molecule has 1 unspecified atom stereocenters. The van der Waals surface area contributed by atoms with Crippen molar-refractivity contribution in [2.75, 3.05) is 18.5 Å². The van der Waals surface area contributed by atoms with Gasteiger partial charge in [-0.1, -0.05) is 0 Å². The second-order valence-electron chi connectivity index (χ2n) is 6.98. The molecule has 0 radical (unpaired) electrons. The maximum absolute atomic E-state index is 12.6. The monoisotopic (exact) mass is 330 g/mol. The smallest absolute Gasteiger partial charge is 0.255 e. The summed E-state index contributed by atoms with van der Waals surface area (Å²) in [6.07, 6.45) is 5.79. The Bertz CT molecular complexity index is 775. The minimum atomic E-state index is -0.180. The fraction of sp³-hybridized carbons (Fsp3) is 0.588. The Labute approximate surface area is 140 Å². The zero-order chi connectivity index (χ0) is 16.7. The lowest BCUT2D eigenvalue weighted by Crippen LogP contribution is -2.31. The Hall–Kier alpha value is -2.15. The fourth-order valence-electron chi connectivity index (χ4n) is 3.01.